The van der Waals surface area contributed by atoms with Crippen LogP contribution in [-0.2, 0) is 35.0 Å². The zero-order chi connectivity index (χ0) is 35.6. The lowest BCUT2D eigenvalue weighted by Crippen LogP contribution is -2.64. The molecule has 1 heterocycles. The number of alkyl halides is 4. The van der Waals surface area contributed by atoms with E-state index in [-0.39, 0.29) is 22.4 Å². The lowest BCUT2D eigenvalue weighted by atomic mass is 9.72. The number of hydrogen-bond donors (Lipinski definition) is 4. The second kappa shape index (κ2) is 12.1. The molecule has 0 bridgehead atoms. The third-order valence-electron chi connectivity index (χ3n) is 8.67. The van der Waals surface area contributed by atoms with Gasteiger partial charge >= 0.3 is 18.1 Å². The molecule has 13 nitrogen and oxygen atoms in total. The Labute approximate surface area is 268 Å². The van der Waals surface area contributed by atoms with Crippen molar-refractivity contribution in [2.45, 2.75) is 82.2 Å². The molecule has 5 rings (SSSR count). The van der Waals surface area contributed by atoms with E-state index < -0.39 is 119 Å². The number of ether oxygens (including phenoxy) is 4. The summed E-state index contributed by atoms with van der Waals surface area (Å²) in [6.45, 7) is 2.96. The first-order chi connectivity index (χ1) is 22.3. The van der Waals surface area contributed by atoms with Gasteiger partial charge in [0.1, 0.15) is 22.8 Å². The Hall–Kier alpha value is -4.61. The molecule has 0 saturated carbocycles. The van der Waals surface area contributed by atoms with Gasteiger partial charge in [0, 0.05) is 36.5 Å². The van der Waals surface area contributed by atoms with Crippen molar-refractivity contribution >= 4 is 29.2 Å². The fourth-order valence-corrected chi connectivity index (χ4v) is 6.33. The molecule has 1 saturated heterocycles. The zero-order valence-corrected chi connectivity index (χ0v) is 25.6. The maximum atomic E-state index is 16.0. The van der Waals surface area contributed by atoms with Gasteiger partial charge in [-0.1, -0.05) is 12.1 Å². The quantitative estimate of drug-likeness (QED) is 0.168. The van der Waals surface area contributed by atoms with Crippen molar-refractivity contribution in [2.24, 2.45) is 0 Å². The van der Waals surface area contributed by atoms with Crippen molar-refractivity contribution in [3.63, 3.8) is 0 Å². The number of halogens is 4. The molecular weight excluding hydrogens is 654 g/mol. The van der Waals surface area contributed by atoms with Crippen LogP contribution in [0, 0.1) is 0 Å². The number of methoxy groups -OCH3 is 1. The predicted octanol–water partition coefficient (Wildman–Crippen LogP) is 2.27. The molecule has 3 aliphatic rings. The second-order valence-corrected chi connectivity index (χ2v) is 11.7. The normalized spacial score (nSPS) is 28.1. The van der Waals surface area contributed by atoms with Gasteiger partial charge in [0.2, 0.25) is 5.78 Å². The lowest BCUT2D eigenvalue weighted by Gasteiger charge is -2.45. The third kappa shape index (κ3) is 5.64. The minimum atomic E-state index is -5.38. The summed E-state index contributed by atoms with van der Waals surface area (Å²) in [5, 5.41) is 35.8. The first-order valence-corrected chi connectivity index (χ1v) is 14.4. The van der Waals surface area contributed by atoms with Crippen LogP contribution >= 0.6 is 0 Å². The Balaban J connectivity index is 1.61. The van der Waals surface area contributed by atoms with Gasteiger partial charge in [-0.15, -0.1) is 0 Å². The van der Waals surface area contributed by atoms with Crippen LogP contribution in [0.5, 0.6) is 17.2 Å². The number of phenolic OH excluding ortho intramolecular Hbond substituents is 2. The highest BCUT2D eigenvalue weighted by Gasteiger charge is 2.54. The number of aliphatic hydroxyl groups is 1. The smallest absolute Gasteiger partial charge is 0.471 e. The predicted molar refractivity (Wildman–Crippen MR) is 150 cm³/mol. The van der Waals surface area contributed by atoms with Crippen molar-refractivity contribution in [1.29, 1.82) is 0 Å². The van der Waals surface area contributed by atoms with Crippen LogP contribution in [0.3, 0.4) is 0 Å². The number of rotatable bonds is 6. The number of fused-ring (bicyclic) bond motifs is 3. The van der Waals surface area contributed by atoms with E-state index in [1.807, 2.05) is 0 Å². The highest BCUT2D eigenvalue weighted by atomic mass is 19.4. The van der Waals surface area contributed by atoms with Crippen molar-refractivity contribution in [2.75, 3.05) is 7.11 Å². The van der Waals surface area contributed by atoms with Crippen LogP contribution in [0.25, 0.3) is 0 Å². The fraction of sp³-hybridized carbons (Fsp3) is 0.452. The Morgan fingerprint density at radius 1 is 1.04 bits per heavy atom. The number of aromatic hydroxyl groups is 2. The van der Waals surface area contributed by atoms with Gasteiger partial charge < -0.3 is 39.6 Å². The molecule has 2 aromatic carbocycles. The van der Waals surface area contributed by atoms with E-state index in [1.54, 1.807) is 5.32 Å². The van der Waals surface area contributed by atoms with Crippen LogP contribution in [0.4, 0.5) is 17.6 Å². The Bertz CT molecular complexity index is 1740. The van der Waals surface area contributed by atoms with E-state index in [2.05, 4.69) is 0 Å². The van der Waals surface area contributed by atoms with Gasteiger partial charge in [0.25, 0.3) is 0 Å². The zero-order valence-electron chi connectivity index (χ0n) is 25.6. The SMILES string of the molecule is COc1cccc2c1C(=O)c1c(O)c3c(c(O)c1C2=O)C[C@@](O)(C(C)=O)C[C@@H]3O[C@@H]1O[C@@H](C)[C@@H](NC(=O)C(F)(F)F)[C@@H](OC(C)=O)[C@H]1F. The van der Waals surface area contributed by atoms with E-state index in [0.29, 0.717) is 0 Å². The van der Waals surface area contributed by atoms with Gasteiger partial charge in [-0.3, -0.25) is 24.0 Å². The molecule has 4 N–H and O–H groups in total. The fourth-order valence-electron chi connectivity index (χ4n) is 6.33. The number of amides is 1. The monoisotopic (exact) mass is 683 g/mol. The number of nitrogens with one attached hydrogen (secondary N) is 1. The molecule has 2 aromatic rings. The average molecular weight is 684 g/mol. The minimum Gasteiger partial charge on any atom is -0.507 e. The lowest BCUT2D eigenvalue weighted by molar-refractivity contribution is -0.279. The molecule has 1 fully saturated rings. The van der Waals surface area contributed by atoms with Gasteiger partial charge in [0.05, 0.1) is 42.0 Å². The first-order valence-electron chi connectivity index (χ1n) is 14.4. The summed E-state index contributed by atoms with van der Waals surface area (Å²) in [7, 11) is 1.24. The Kier molecular flexibility index (Phi) is 8.77. The number of ketones is 3. The summed E-state index contributed by atoms with van der Waals surface area (Å²) >= 11 is 0. The van der Waals surface area contributed by atoms with Gasteiger partial charge in [-0.05, 0) is 19.9 Å². The largest absolute Gasteiger partial charge is 0.507 e. The van der Waals surface area contributed by atoms with E-state index >= 15 is 4.39 Å². The Morgan fingerprint density at radius 2 is 1.69 bits per heavy atom. The Morgan fingerprint density at radius 3 is 2.27 bits per heavy atom. The third-order valence-corrected chi connectivity index (χ3v) is 8.67. The highest BCUT2D eigenvalue weighted by molar-refractivity contribution is 6.31. The second-order valence-electron chi connectivity index (χ2n) is 11.7. The average Bonchev–Trinajstić information content (AvgIpc) is 3.00. The van der Waals surface area contributed by atoms with Gasteiger partial charge in [-0.2, -0.15) is 13.2 Å². The topological polar surface area (TPSA) is 195 Å². The molecule has 0 aromatic heterocycles. The van der Waals surface area contributed by atoms with Crippen LogP contribution in [0.2, 0.25) is 0 Å². The molecule has 1 aliphatic heterocycles. The summed E-state index contributed by atoms with van der Waals surface area (Å²) in [6.07, 6.45) is -17.0. The molecule has 258 valence electrons. The van der Waals surface area contributed by atoms with E-state index in [0.717, 1.165) is 20.8 Å². The van der Waals surface area contributed by atoms with E-state index in [4.69, 9.17) is 18.9 Å². The van der Waals surface area contributed by atoms with Crippen molar-refractivity contribution in [1.82, 2.24) is 5.32 Å². The summed E-state index contributed by atoms with van der Waals surface area (Å²) in [6, 6.07) is 2.23. The first kappa shape index (κ1) is 34.7. The van der Waals surface area contributed by atoms with Crippen LogP contribution in [0.15, 0.2) is 18.2 Å². The van der Waals surface area contributed by atoms with Gasteiger partial charge in [0.15, 0.2) is 30.1 Å². The summed E-state index contributed by atoms with van der Waals surface area (Å²) < 4.78 is 76.5. The molecule has 1 amide bonds. The number of benzene rings is 2. The van der Waals surface area contributed by atoms with Crippen LogP contribution in [-0.4, -0.2) is 94.1 Å². The molecule has 0 radical (unpaired) electrons. The summed E-state index contributed by atoms with van der Waals surface area (Å²) in [5.74, 6) is -8.12. The molecule has 7 atom stereocenters. The number of carbonyl (C=O) groups is 5. The van der Waals surface area contributed by atoms with E-state index in [9.17, 15) is 52.5 Å². The number of hydrogen-bond acceptors (Lipinski definition) is 12. The van der Waals surface area contributed by atoms with Crippen molar-refractivity contribution in [3.8, 4) is 17.2 Å². The molecule has 0 spiro atoms. The molecule has 2 aliphatic carbocycles. The summed E-state index contributed by atoms with van der Waals surface area (Å²) in [5.41, 5.74) is -4.85. The maximum absolute atomic E-state index is 16.0. The summed E-state index contributed by atoms with van der Waals surface area (Å²) in [4.78, 5) is 63.5. The number of Topliss-reactive ketones (excluding diaryl/α,β-unsaturated/α-hetero) is 1. The van der Waals surface area contributed by atoms with Crippen molar-refractivity contribution in [3.05, 3.63) is 51.6 Å². The minimum absolute atomic E-state index is 0.0274. The molecule has 0 unspecified atom stereocenters. The van der Waals surface area contributed by atoms with Crippen molar-refractivity contribution < 1.29 is 75.8 Å². The van der Waals surface area contributed by atoms with E-state index in [1.165, 1.54) is 25.3 Å². The number of phenols is 2. The molecule has 48 heavy (non-hydrogen) atoms. The maximum Gasteiger partial charge on any atom is 0.471 e. The van der Waals surface area contributed by atoms with Crippen LogP contribution < -0.4 is 10.1 Å². The number of carbonyl (C=O) groups excluding carboxylic acids is 5. The standard InChI is InChI=1S/C31H29F4NO12/c1-10-22(36-29(43)31(33,34)35)27(47-12(3)38)21(32)28(46-10)48-16-9-30(44,11(2)37)8-14-18(16)26(42)20-19(24(14)40)23(39)13-6-5-7-15(45-4)17(13)25(20)41/h5-7,10,16,21-22,27-28,40,42,44H,8-9H2,1-4H3,(H,36,43)/t10-,16-,21+,22+,27-,28-,30-/m0/s1. The van der Waals surface area contributed by atoms with Crippen LogP contribution in [0.1, 0.15) is 76.3 Å². The highest BCUT2D eigenvalue weighted by Crippen LogP contribution is 2.52. The molecule has 17 heteroatoms. The van der Waals surface area contributed by atoms with Gasteiger partial charge in [-0.25, -0.2) is 4.39 Å². The number of esters is 1. The molecular formula is C31H29F4NO12.